The maximum Gasteiger partial charge on any atom is 0.260 e. The zero-order chi connectivity index (χ0) is 16.7. The lowest BCUT2D eigenvalue weighted by Crippen LogP contribution is -2.31. The second-order valence-electron chi connectivity index (χ2n) is 5.82. The van der Waals surface area contributed by atoms with E-state index in [4.69, 9.17) is 9.41 Å². The van der Waals surface area contributed by atoms with E-state index in [1.54, 1.807) is 37.8 Å². The lowest BCUT2D eigenvalue weighted by molar-refractivity contribution is 0.102. The smallest absolute Gasteiger partial charge is 0.260 e. The van der Waals surface area contributed by atoms with Crippen LogP contribution in [0.2, 0.25) is 0 Å². The summed E-state index contributed by atoms with van der Waals surface area (Å²) < 4.78 is 5.69. The van der Waals surface area contributed by atoms with Gasteiger partial charge in [0.25, 0.3) is 5.91 Å². The Morgan fingerprint density at radius 2 is 2.38 bits per heavy atom. The normalized spacial score (nSPS) is 18.2. The molecule has 7 nitrogen and oxygen atoms in total. The molecule has 0 spiro atoms. The van der Waals surface area contributed by atoms with Gasteiger partial charge in [0.2, 0.25) is 5.88 Å². The molecule has 7 heteroatoms. The van der Waals surface area contributed by atoms with Gasteiger partial charge >= 0.3 is 0 Å². The summed E-state index contributed by atoms with van der Waals surface area (Å²) >= 11 is 0. The van der Waals surface area contributed by atoms with E-state index in [0.29, 0.717) is 28.5 Å². The largest absolute Gasteiger partial charge is 0.442 e. The van der Waals surface area contributed by atoms with E-state index in [1.807, 2.05) is 4.90 Å². The Balaban J connectivity index is 1.74. The number of nitrogens with zero attached hydrogens (tertiary/aromatic N) is 4. The Morgan fingerprint density at radius 1 is 1.50 bits per heavy atom. The zero-order valence-electron chi connectivity index (χ0n) is 13.5. The number of aliphatic imine (C=N–C) groups is 2. The fraction of sp³-hybridized carbons (Fsp3) is 0.294. The molecule has 122 valence electrons. The number of fused-ring (bicyclic) bond motifs is 3. The zero-order valence-corrected chi connectivity index (χ0v) is 13.5. The first-order valence-electron chi connectivity index (χ1n) is 7.91. The van der Waals surface area contributed by atoms with Crippen LogP contribution in [0.5, 0.6) is 0 Å². The van der Waals surface area contributed by atoms with Gasteiger partial charge in [-0.15, -0.1) is 0 Å². The molecule has 0 aromatic carbocycles. The fourth-order valence-corrected chi connectivity index (χ4v) is 2.99. The summed E-state index contributed by atoms with van der Waals surface area (Å²) in [4.78, 5) is 27.8. The SMILES string of the molecule is CC[C@@H]1CN2C=Nc3oc(C)c(C(=O)Nc4cccnc4)c3C2=N1. The van der Waals surface area contributed by atoms with Crippen LogP contribution in [0, 0.1) is 6.92 Å². The molecule has 0 saturated carbocycles. The van der Waals surface area contributed by atoms with Gasteiger partial charge in [-0.25, -0.2) is 4.99 Å². The lowest BCUT2D eigenvalue weighted by atomic mass is 10.1. The number of furan rings is 1. The maximum atomic E-state index is 12.8. The van der Waals surface area contributed by atoms with Gasteiger partial charge in [0.05, 0.1) is 29.1 Å². The number of nitrogens with one attached hydrogen (secondary N) is 1. The van der Waals surface area contributed by atoms with Crippen LogP contribution in [0.15, 0.2) is 38.9 Å². The van der Waals surface area contributed by atoms with E-state index >= 15 is 0 Å². The molecule has 0 saturated heterocycles. The van der Waals surface area contributed by atoms with E-state index in [9.17, 15) is 4.79 Å². The topological polar surface area (TPSA) is 83.1 Å². The van der Waals surface area contributed by atoms with Crippen LogP contribution in [0.4, 0.5) is 11.6 Å². The Labute approximate surface area is 139 Å². The molecule has 24 heavy (non-hydrogen) atoms. The predicted molar refractivity (Wildman–Crippen MR) is 91.1 cm³/mol. The summed E-state index contributed by atoms with van der Waals surface area (Å²) in [7, 11) is 0. The number of hydrogen-bond acceptors (Lipinski definition) is 6. The van der Waals surface area contributed by atoms with E-state index in [0.717, 1.165) is 18.8 Å². The van der Waals surface area contributed by atoms with Crippen molar-refractivity contribution >= 4 is 29.7 Å². The van der Waals surface area contributed by atoms with Crippen molar-refractivity contribution in [2.24, 2.45) is 9.98 Å². The first-order chi connectivity index (χ1) is 11.7. The van der Waals surface area contributed by atoms with Crippen molar-refractivity contribution in [1.82, 2.24) is 9.88 Å². The van der Waals surface area contributed by atoms with Crippen LogP contribution in [0.3, 0.4) is 0 Å². The van der Waals surface area contributed by atoms with Crippen molar-refractivity contribution in [2.45, 2.75) is 26.3 Å². The minimum atomic E-state index is -0.245. The summed E-state index contributed by atoms with van der Waals surface area (Å²) in [6.45, 7) is 4.65. The Bertz CT molecular complexity index is 853. The van der Waals surface area contributed by atoms with Crippen LogP contribution in [0.25, 0.3) is 0 Å². The fourth-order valence-electron chi connectivity index (χ4n) is 2.99. The molecule has 1 amide bonds. The first kappa shape index (κ1) is 14.6. The summed E-state index contributed by atoms with van der Waals surface area (Å²) in [6.07, 6.45) is 5.93. The molecule has 0 bridgehead atoms. The number of pyridine rings is 1. The molecule has 2 aromatic rings. The van der Waals surface area contributed by atoms with Crippen molar-refractivity contribution in [3.63, 3.8) is 0 Å². The van der Waals surface area contributed by atoms with Gasteiger partial charge in [-0.2, -0.15) is 0 Å². The molecule has 2 aromatic heterocycles. The highest BCUT2D eigenvalue weighted by Gasteiger charge is 2.35. The van der Waals surface area contributed by atoms with E-state index in [1.165, 1.54) is 0 Å². The van der Waals surface area contributed by atoms with Crippen molar-refractivity contribution < 1.29 is 9.21 Å². The van der Waals surface area contributed by atoms with Gasteiger partial charge in [-0.05, 0) is 25.5 Å². The second-order valence-corrected chi connectivity index (χ2v) is 5.82. The highest BCUT2D eigenvalue weighted by Crippen LogP contribution is 2.35. The Morgan fingerprint density at radius 3 is 3.12 bits per heavy atom. The molecule has 0 fully saturated rings. The first-order valence-corrected chi connectivity index (χ1v) is 7.91. The summed E-state index contributed by atoms with van der Waals surface area (Å²) in [5.74, 6) is 1.49. The summed E-state index contributed by atoms with van der Waals surface area (Å²) in [5.41, 5.74) is 1.78. The number of anilines is 1. The van der Waals surface area contributed by atoms with Crippen molar-refractivity contribution in [1.29, 1.82) is 0 Å². The average molecular weight is 323 g/mol. The molecule has 1 atom stereocenters. The van der Waals surface area contributed by atoms with Crippen molar-refractivity contribution in [2.75, 3.05) is 11.9 Å². The minimum Gasteiger partial charge on any atom is -0.442 e. The van der Waals surface area contributed by atoms with Gasteiger partial charge in [0.1, 0.15) is 17.9 Å². The van der Waals surface area contributed by atoms with Crippen LogP contribution in [-0.2, 0) is 0 Å². The third-order valence-electron chi connectivity index (χ3n) is 4.21. The number of amidine groups is 1. The average Bonchev–Trinajstić information content (AvgIpc) is 3.15. The number of carbonyl (C=O) groups is 1. The number of carbonyl (C=O) groups excluding carboxylic acids is 1. The molecule has 2 aliphatic rings. The quantitative estimate of drug-likeness (QED) is 0.941. The number of aromatic nitrogens is 1. The van der Waals surface area contributed by atoms with Gasteiger partial charge in [-0.1, -0.05) is 6.92 Å². The predicted octanol–water partition coefficient (Wildman–Crippen LogP) is 2.75. The third-order valence-corrected chi connectivity index (χ3v) is 4.21. The second kappa shape index (κ2) is 5.59. The van der Waals surface area contributed by atoms with Gasteiger partial charge in [0.15, 0.2) is 0 Å². The number of aryl methyl sites for hydroxylation is 1. The van der Waals surface area contributed by atoms with E-state index in [2.05, 4.69) is 22.2 Å². The van der Waals surface area contributed by atoms with Crippen LogP contribution >= 0.6 is 0 Å². The van der Waals surface area contributed by atoms with Gasteiger partial charge in [-0.3, -0.25) is 14.8 Å². The Hall–Kier alpha value is -2.96. The minimum absolute atomic E-state index is 0.210. The van der Waals surface area contributed by atoms with Gasteiger partial charge in [0, 0.05) is 12.7 Å². The van der Waals surface area contributed by atoms with Crippen LogP contribution < -0.4 is 5.32 Å². The number of amides is 1. The maximum absolute atomic E-state index is 12.8. The molecule has 1 N–H and O–H groups in total. The monoisotopic (exact) mass is 323 g/mol. The molecule has 4 heterocycles. The standard InChI is InChI=1S/C17H17N5O2/c1-3-11-8-22-9-19-17-14(15(22)20-11)13(10(2)24-17)16(23)21-12-5-4-6-18-7-12/h4-7,9,11H,3,8H2,1-2H3,(H,21,23)/t11-/m1/s1. The molecule has 2 aliphatic heterocycles. The summed E-state index contributed by atoms with van der Waals surface area (Å²) in [6, 6.07) is 3.77. The number of rotatable bonds is 3. The van der Waals surface area contributed by atoms with E-state index in [-0.39, 0.29) is 11.9 Å². The van der Waals surface area contributed by atoms with Crippen LogP contribution in [0.1, 0.15) is 35.0 Å². The number of hydrogen-bond donors (Lipinski definition) is 1. The molecular formula is C17H17N5O2. The van der Waals surface area contributed by atoms with Gasteiger partial charge < -0.3 is 14.6 Å². The van der Waals surface area contributed by atoms with Crippen molar-refractivity contribution in [3.8, 4) is 0 Å². The highest BCUT2D eigenvalue weighted by atomic mass is 16.4. The molecular weight excluding hydrogens is 306 g/mol. The summed E-state index contributed by atoms with van der Waals surface area (Å²) in [5, 5.41) is 2.85. The highest BCUT2D eigenvalue weighted by molar-refractivity contribution is 6.19. The molecule has 0 unspecified atom stereocenters. The molecule has 4 rings (SSSR count). The van der Waals surface area contributed by atoms with Crippen molar-refractivity contribution in [3.05, 3.63) is 41.4 Å². The Kier molecular flexibility index (Phi) is 3.41. The lowest BCUT2D eigenvalue weighted by Gasteiger charge is -2.18. The molecule has 0 radical (unpaired) electrons. The van der Waals surface area contributed by atoms with Crippen LogP contribution in [-0.4, -0.2) is 40.6 Å². The van der Waals surface area contributed by atoms with E-state index < -0.39 is 0 Å². The molecule has 0 aliphatic carbocycles. The third kappa shape index (κ3) is 2.29.